The van der Waals surface area contributed by atoms with Gasteiger partial charge in [0.25, 0.3) is 0 Å². The number of aromatic nitrogens is 3. The Bertz CT molecular complexity index is 804. The fraction of sp³-hybridized carbons (Fsp3) is 0.316. The molecule has 4 rings (SSSR count). The summed E-state index contributed by atoms with van der Waals surface area (Å²) in [5, 5.41) is 7.85. The Labute approximate surface area is 151 Å². The first-order chi connectivity index (χ1) is 12.4. The SMILES string of the molecule is c1cncc(CNc2ncnc3c2CCN(Cc2ccsc2)CC3)c1. The van der Waals surface area contributed by atoms with Crippen molar-refractivity contribution >= 4 is 17.2 Å². The van der Waals surface area contributed by atoms with Crippen LogP contribution < -0.4 is 5.32 Å². The predicted molar refractivity (Wildman–Crippen MR) is 101 cm³/mol. The van der Waals surface area contributed by atoms with Gasteiger partial charge in [0.05, 0.1) is 5.69 Å². The van der Waals surface area contributed by atoms with E-state index in [-0.39, 0.29) is 0 Å². The summed E-state index contributed by atoms with van der Waals surface area (Å²) in [6, 6.07) is 6.24. The van der Waals surface area contributed by atoms with Gasteiger partial charge in [-0.05, 0) is 40.4 Å². The van der Waals surface area contributed by atoms with Crippen molar-refractivity contribution in [1.29, 1.82) is 0 Å². The molecule has 0 unspecified atom stereocenters. The van der Waals surface area contributed by atoms with Crippen LogP contribution in [-0.4, -0.2) is 32.9 Å². The van der Waals surface area contributed by atoms with Gasteiger partial charge in [-0.25, -0.2) is 9.97 Å². The van der Waals surface area contributed by atoms with Crippen molar-refractivity contribution in [3.63, 3.8) is 0 Å². The average Bonchev–Trinajstić information content (AvgIpc) is 3.08. The number of nitrogens with zero attached hydrogens (tertiary/aromatic N) is 4. The fourth-order valence-electron chi connectivity index (χ4n) is 3.21. The minimum Gasteiger partial charge on any atom is -0.366 e. The lowest BCUT2D eigenvalue weighted by Gasteiger charge is -2.18. The molecular formula is C19H21N5S. The van der Waals surface area contributed by atoms with E-state index in [2.05, 4.69) is 48.1 Å². The summed E-state index contributed by atoms with van der Waals surface area (Å²) in [5.41, 5.74) is 5.00. The van der Waals surface area contributed by atoms with E-state index < -0.39 is 0 Å². The number of hydrogen-bond donors (Lipinski definition) is 1. The third kappa shape index (κ3) is 4.03. The zero-order valence-electron chi connectivity index (χ0n) is 14.1. The van der Waals surface area contributed by atoms with Crippen LogP contribution in [0.4, 0.5) is 5.82 Å². The van der Waals surface area contributed by atoms with Crippen LogP contribution >= 0.6 is 11.3 Å². The smallest absolute Gasteiger partial charge is 0.133 e. The highest BCUT2D eigenvalue weighted by atomic mass is 32.1. The molecule has 0 fully saturated rings. The number of rotatable bonds is 5. The van der Waals surface area contributed by atoms with Crippen molar-refractivity contribution in [2.24, 2.45) is 0 Å². The molecule has 0 aliphatic carbocycles. The van der Waals surface area contributed by atoms with Gasteiger partial charge in [-0.2, -0.15) is 11.3 Å². The number of hydrogen-bond acceptors (Lipinski definition) is 6. The van der Waals surface area contributed by atoms with Crippen LogP contribution in [0.5, 0.6) is 0 Å². The first-order valence-corrected chi connectivity index (χ1v) is 9.52. The Hall–Kier alpha value is -2.31. The molecule has 0 bridgehead atoms. The van der Waals surface area contributed by atoms with Gasteiger partial charge in [-0.1, -0.05) is 6.07 Å². The van der Waals surface area contributed by atoms with Gasteiger partial charge in [0.2, 0.25) is 0 Å². The summed E-state index contributed by atoms with van der Waals surface area (Å²) >= 11 is 1.76. The van der Waals surface area contributed by atoms with Crippen molar-refractivity contribution in [3.05, 3.63) is 70.1 Å². The molecular weight excluding hydrogens is 330 g/mol. The second kappa shape index (κ2) is 7.72. The molecule has 0 saturated heterocycles. The summed E-state index contributed by atoms with van der Waals surface area (Å²) in [6.07, 6.45) is 7.32. The zero-order valence-corrected chi connectivity index (χ0v) is 14.9. The fourth-order valence-corrected chi connectivity index (χ4v) is 3.87. The highest BCUT2D eigenvalue weighted by molar-refractivity contribution is 7.07. The van der Waals surface area contributed by atoms with E-state index in [9.17, 15) is 0 Å². The lowest BCUT2D eigenvalue weighted by Crippen LogP contribution is -2.25. The molecule has 128 valence electrons. The second-order valence-corrected chi connectivity index (χ2v) is 7.05. The van der Waals surface area contributed by atoms with Gasteiger partial charge >= 0.3 is 0 Å². The third-order valence-electron chi connectivity index (χ3n) is 4.55. The molecule has 1 aliphatic rings. The van der Waals surface area contributed by atoms with Crippen molar-refractivity contribution < 1.29 is 0 Å². The van der Waals surface area contributed by atoms with E-state index in [4.69, 9.17) is 0 Å². The Morgan fingerprint density at radius 2 is 2.08 bits per heavy atom. The van der Waals surface area contributed by atoms with Crippen molar-refractivity contribution in [3.8, 4) is 0 Å². The predicted octanol–water partition coefficient (Wildman–Crippen LogP) is 3.15. The molecule has 1 N–H and O–H groups in total. The van der Waals surface area contributed by atoms with E-state index in [1.54, 1.807) is 23.9 Å². The minimum atomic E-state index is 0.732. The first kappa shape index (κ1) is 16.2. The maximum Gasteiger partial charge on any atom is 0.133 e. The Morgan fingerprint density at radius 3 is 2.92 bits per heavy atom. The first-order valence-electron chi connectivity index (χ1n) is 8.57. The van der Waals surface area contributed by atoms with Crippen molar-refractivity contribution in [2.45, 2.75) is 25.9 Å². The van der Waals surface area contributed by atoms with Crippen LogP contribution in [-0.2, 0) is 25.9 Å². The maximum atomic E-state index is 4.54. The van der Waals surface area contributed by atoms with Gasteiger partial charge in [-0.15, -0.1) is 0 Å². The van der Waals surface area contributed by atoms with E-state index in [1.807, 2.05) is 12.3 Å². The number of fused-ring (bicyclic) bond motifs is 1. The molecule has 0 amide bonds. The quantitative estimate of drug-likeness (QED) is 0.765. The van der Waals surface area contributed by atoms with Crippen LogP contribution in [0.1, 0.15) is 22.4 Å². The summed E-state index contributed by atoms with van der Waals surface area (Å²) in [6.45, 7) is 3.83. The number of thiophene rings is 1. The monoisotopic (exact) mass is 351 g/mol. The highest BCUT2D eigenvalue weighted by Crippen LogP contribution is 2.22. The van der Waals surface area contributed by atoms with Crippen LogP contribution in [0.15, 0.2) is 47.7 Å². The standard InChI is InChI=1S/C19H21N5S/c1-2-15(10-20-6-1)11-21-19-17-3-7-24(12-16-5-9-25-13-16)8-4-18(17)22-14-23-19/h1-2,5-6,9-10,13-14H,3-4,7-8,11-12H2,(H,21,22,23). The lowest BCUT2D eigenvalue weighted by atomic mass is 10.1. The summed E-state index contributed by atoms with van der Waals surface area (Å²) in [5.74, 6) is 0.964. The number of nitrogens with one attached hydrogen (secondary N) is 1. The van der Waals surface area contributed by atoms with E-state index in [1.165, 1.54) is 16.8 Å². The molecule has 3 aromatic rings. The Kier molecular flexibility index (Phi) is 4.99. The van der Waals surface area contributed by atoms with E-state index >= 15 is 0 Å². The van der Waals surface area contributed by atoms with Gasteiger partial charge in [0.1, 0.15) is 12.1 Å². The third-order valence-corrected chi connectivity index (χ3v) is 5.28. The Morgan fingerprint density at radius 1 is 1.12 bits per heavy atom. The molecule has 6 heteroatoms. The maximum absolute atomic E-state index is 4.54. The molecule has 1 aliphatic heterocycles. The van der Waals surface area contributed by atoms with E-state index in [0.29, 0.717) is 0 Å². The molecule has 0 radical (unpaired) electrons. The number of pyridine rings is 1. The Balaban J connectivity index is 1.45. The van der Waals surface area contributed by atoms with Gasteiger partial charge in [0.15, 0.2) is 0 Å². The van der Waals surface area contributed by atoms with Crippen LogP contribution in [0.25, 0.3) is 0 Å². The molecule has 0 spiro atoms. The molecule has 0 aromatic carbocycles. The van der Waals surface area contributed by atoms with Crippen molar-refractivity contribution in [2.75, 3.05) is 18.4 Å². The van der Waals surface area contributed by atoms with Gasteiger partial charge in [-0.3, -0.25) is 9.88 Å². The molecule has 4 heterocycles. The zero-order chi connectivity index (χ0) is 16.9. The largest absolute Gasteiger partial charge is 0.366 e. The minimum absolute atomic E-state index is 0.732. The van der Waals surface area contributed by atoms with E-state index in [0.717, 1.165) is 50.4 Å². The highest BCUT2D eigenvalue weighted by Gasteiger charge is 2.18. The summed E-state index contributed by atoms with van der Waals surface area (Å²) in [7, 11) is 0. The van der Waals surface area contributed by atoms with Gasteiger partial charge in [0, 0.05) is 50.6 Å². The topological polar surface area (TPSA) is 53.9 Å². The molecule has 0 saturated carbocycles. The molecule has 0 atom stereocenters. The van der Waals surface area contributed by atoms with Crippen LogP contribution in [0, 0.1) is 0 Å². The number of anilines is 1. The summed E-state index contributed by atoms with van der Waals surface area (Å²) in [4.78, 5) is 15.7. The van der Waals surface area contributed by atoms with Crippen molar-refractivity contribution in [1.82, 2.24) is 19.9 Å². The second-order valence-electron chi connectivity index (χ2n) is 6.27. The van der Waals surface area contributed by atoms with Crippen LogP contribution in [0.3, 0.4) is 0 Å². The molecule has 3 aromatic heterocycles. The summed E-state index contributed by atoms with van der Waals surface area (Å²) < 4.78 is 0. The van der Waals surface area contributed by atoms with Crippen LogP contribution in [0.2, 0.25) is 0 Å². The normalized spacial score (nSPS) is 14.7. The van der Waals surface area contributed by atoms with Gasteiger partial charge < -0.3 is 5.32 Å². The molecule has 5 nitrogen and oxygen atoms in total. The lowest BCUT2D eigenvalue weighted by molar-refractivity contribution is 0.279. The molecule has 25 heavy (non-hydrogen) atoms. The average molecular weight is 351 g/mol.